The zero-order valence-electron chi connectivity index (χ0n) is 17.8. The molecule has 3 rings (SSSR count). The molecule has 0 spiro atoms. The van der Waals surface area contributed by atoms with Gasteiger partial charge in [-0.1, -0.05) is 13.8 Å². The number of hydrogen-bond acceptors (Lipinski definition) is 4. The highest BCUT2D eigenvalue weighted by Crippen LogP contribution is 2.37. The van der Waals surface area contributed by atoms with Crippen LogP contribution in [0.4, 0.5) is 0 Å². The van der Waals surface area contributed by atoms with Crippen LogP contribution in [0.2, 0.25) is 0 Å². The van der Waals surface area contributed by atoms with Gasteiger partial charge in [-0.25, -0.2) is 0 Å². The van der Waals surface area contributed by atoms with Crippen molar-refractivity contribution in [1.29, 1.82) is 0 Å². The van der Waals surface area contributed by atoms with Gasteiger partial charge < -0.3 is 24.4 Å². The first-order valence-electron chi connectivity index (χ1n) is 10.3. The number of carbonyl (C=O) groups excluding carboxylic acids is 3. The molecule has 29 heavy (non-hydrogen) atoms. The Morgan fingerprint density at radius 3 is 2.76 bits per heavy atom. The second kappa shape index (κ2) is 8.98. The molecule has 0 aromatic carbocycles. The van der Waals surface area contributed by atoms with Crippen LogP contribution in [0.5, 0.6) is 0 Å². The van der Waals surface area contributed by atoms with Crippen LogP contribution in [0, 0.1) is 11.8 Å². The van der Waals surface area contributed by atoms with Gasteiger partial charge in [0, 0.05) is 39.5 Å². The maximum Gasteiger partial charge on any atom is 0.270 e. The largest absolute Gasteiger partial charge is 0.383 e. The average Bonchev–Trinajstić information content (AvgIpc) is 3.33. The number of rotatable bonds is 7. The number of ether oxygens (including phenoxy) is 1. The van der Waals surface area contributed by atoms with Gasteiger partial charge in [-0.3, -0.25) is 14.4 Å². The van der Waals surface area contributed by atoms with Crippen molar-refractivity contribution in [3.8, 4) is 0 Å². The number of aromatic nitrogens is 1. The molecule has 1 aromatic rings. The van der Waals surface area contributed by atoms with Crippen LogP contribution >= 0.6 is 0 Å². The minimum Gasteiger partial charge on any atom is -0.383 e. The number of fused-ring (bicyclic) bond motifs is 1. The normalized spacial score (nSPS) is 24.2. The topological polar surface area (TPSA) is 86.0 Å². The molecule has 0 aliphatic carbocycles. The highest BCUT2D eigenvalue weighted by molar-refractivity contribution is 5.96. The van der Waals surface area contributed by atoms with E-state index in [1.165, 1.54) is 0 Å². The number of piperazine rings is 1. The minimum absolute atomic E-state index is 0.0529. The van der Waals surface area contributed by atoms with Crippen molar-refractivity contribution in [2.24, 2.45) is 11.8 Å². The van der Waals surface area contributed by atoms with Crippen molar-refractivity contribution in [3.05, 3.63) is 24.0 Å². The number of nitrogens with one attached hydrogen (secondary N) is 1. The smallest absolute Gasteiger partial charge is 0.270 e. The number of nitrogens with zero attached hydrogens (tertiary/aromatic N) is 3. The van der Waals surface area contributed by atoms with Crippen LogP contribution in [0.15, 0.2) is 18.3 Å². The Balaban J connectivity index is 1.78. The Kier molecular flexibility index (Phi) is 6.62. The first-order valence-corrected chi connectivity index (χ1v) is 10.3. The van der Waals surface area contributed by atoms with E-state index in [1.807, 2.05) is 4.90 Å². The molecule has 2 saturated heterocycles. The zero-order valence-corrected chi connectivity index (χ0v) is 17.8. The Hall–Kier alpha value is -2.35. The average molecular weight is 405 g/mol. The molecule has 1 N–H and O–H groups in total. The van der Waals surface area contributed by atoms with Gasteiger partial charge in [0.1, 0.15) is 12.2 Å². The molecule has 2 aliphatic heterocycles. The summed E-state index contributed by atoms with van der Waals surface area (Å²) in [5, 5.41) is 0. The number of likely N-dealkylation sites (N-methyl/N-ethyl adjacent to an activating group) is 1. The summed E-state index contributed by atoms with van der Waals surface area (Å²) in [5.41, 5.74) is 0.481. The van der Waals surface area contributed by atoms with Crippen LogP contribution in [0.3, 0.4) is 0 Å². The third kappa shape index (κ3) is 4.47. The number of hydrogen-bond donors (Lipinski definition) is 1. The molecule has 160 valence electrons. The van der Waals surface area contributed by atoms with Gasteiger partial charge in [-0.15, -0.1) is 0 Å². The van der Waals surface area contributed by atoms with Gasteiger partial charge in [0.25, 0.3) is 5.91 Å². The highest BCUT2D eigenvalue weighted by atomic mass is 16.5. The minimum atomic E-state index is -0.242. The number of amides is 3. The Morgan fingerprint density at radius 2 is 2.14 bits per heavy atom. The van der Waals surface area contributed by atoms with Crippen molar-refractivity contribution in [1.82, 2.24) is 19.7 Å². The van der Waals surface area contributed by atoms with Crippen LogP contribution < -0.4 is 0 Å². The molecular formula is C21H32N4O4. The van der Waals surface area contributed by atoms with E-state index in [-0.39, 0.29) is 42.3 Å². The number of carbonyl (C=O) groups is 3. The molecule has 0 radical (unpaired) electrons. The number of aromatic amines is 1. The van der Waals surface area contributed by atoms with Crippen molar-refractivity contribution in [3.63, 3.8) is 0 Å². The second-order valence-corrected chi connectivity index (χ2v) is 8.52. The molecule has 2 fully saturated rings. The van der Waals surface area contributed by atoms with Gasteiger partial charge in [0.2, 0.25) is 11.8 Å². The maximum absolute atomic E-state index is 13.1. The lowest BCUT2D eigenvalue weighted by Crippen LogP contribution is -2.58. The summed E-state index contributed by atoms with van der Waals surface area (Å²) in [6.45, 7) is 5.75. The lowest BCUT2D eigenvalue weighted by molar-refractivity contribution is -0.141. The van der Waals surface area contributed by atoms with Crippen molar-refractivity contribution < 1.29 is 19.1 Å². The summed E-state index contributed by atoms with van der Waals surface area (Å²) >= 11 is 0. The molecule has 3 heterocycles. The molecular weight excluding hydrogens is 372 g/mol. The van der Waals surface area contributed by atoms with Crippen LogP contribution in [-0.4, -0.2) is 89.9 Å². The molecule has 3 amide bonds. The van der Waals surface area contributed by atoms with E-state index in [0.717, 1.165) is 6.42 Å². The monoisotopic (exact) mass is 404 g/mol. The SMILES string of the molecule is COCCN(C)C(=O)[C@@H]1C[C@@H]2CN(C(=O)c3ccc[nH]3)CC(=O)N2[C@@H]1CC(C)C. The fraction of sp³-hybridized carbons (Fsp3) is 0.667. The fourth-order valence-electron chi connectivity index (χ4n) is 4.58. The van der Waals surface area contributed by atoms with Crippen molar-refractivity contribution in [2.45, 2.75) is 38.8 Å². The fourth-order valence-corrected chi connectivity index (χ4v) is 4.58. The summed E-state index contributed by atoms with van der Waals surface area (Å²) in [6.07, 6.45) is 3.07. The van der Waals surface area contributed by atoms with Crippen LogP contribution in [0.1, 0.15) is 37.2 Å². The predicted molar refractivity (Wildman–Crippen MR) is 108 cm³/mol. The van der Waals surface area contributed by atoms with E-state index in [4.69, 9.17) is 4.74 Å². The first kappa shape index (κ1) is 21.4. The van der Waals surface area contributed by atoms with E-state index in [1.54, 1.807) is 42.3 Å². The van der Waals surface area contributed by atoms with Gasteiger partial charge >= 0.3 is 0 Å². The molecule has 3 atom stereocenters. The van der Waals surface area contributed by atoms with Gasteiger partial charge in [-0.2, -0.15) is 0 Å². The summed E-state index contributed by atoms with van der Waals surface area (Å²) in [4.78, 5) is 47.0. The standard InChI is InChI=1S/C21H32N4O4/c1-14(2)10-18-16(20(27)23(3)8-9-29-4)11-15-12-24(13-19(26)25(15)18)21(28)17-6-5-7-22-17/h5-7,14-16,18,22H,8-13H2,1-4H3/t15-,16-,18-/m1/s1. The summed E-state index contributed by atoms with van der Waals surface area (Å²) in [5.74, 6) is -0.0624. The van der Waals surface area contributed by atoms with E-state index in [2.05, 4.69) is 18.8 Å². The van der Waals surface area contributed by atoms with E-state index < -0.39 is 0 Å². The first-order chi connectivity index (χ1) is 13.8. The van der Waals surface area contributed by atoms with Crippen LogP contribution in [0.25, 0.3) is 0 Å². The van der Waals surface area contributed by atoms with Crippen molar-refractivity contribution >= 4 is 17.7 Å². The van der Waals surface area contributed by atoms with Crippen LogP contribution in [-0.2, 0) is 14.3 Å². The molecule has 8 heteroatoms. The molecule has 2 aliphatic rings. The molecule has 0 saturated carbocycles. The summed E-state index contributed by atoms with van der Waals surface area (Å²) < 4.78 is 5.10. The Labute approximate surface area is 172 Å². The summed E-state index contributed by atoms with van der Waals surface area (Å²) in [7, 11) is 3.40. The Morgan fingerprint density at radius 1 is 1.38 bits per heavy atom. The number of H-pyrrole nitrogens is 1. The van der Waals surface area contributed by atoms with Gasteiger partial charge in [-0.05, 0) is 30.9 Å². The third-order valence-corrected chi connectivity index (χ3v) is 5.94. The number of methoxy groups -OCH3 is 1. The lowest BCUT2D eigenvalue weighted by atomic mass is 9.91. The summed E-state index contributed by atoms with van der Waals surface area (Å²) in [6, 6.07) is 3.24. The van der Waals surface area contributed by atoms with Gasteiger partial charge in [0.15, 0.2) is 0 Å². The molecule has 8 nitrogen and oxygen atoms in total. The van der Waals surface area contributed by atoms with Crippen molar-refractivity contribution in [2.75, 3.05) is 40.4 Å². The molecule has 1 aromatic heterocycles. The third-order valence-electron chi connectivity index (χ3n) is 5.94. The second-order valence-electron chi connectivity index (χ2n) is 8.52. The highest BCUT2D eigenvalue weighted by Gasteiger charge is 2.50. The zero-order chi connectivity index (χ0) is 21.1. The van der Waals surface area contributed by atoms with E-state index in [0.29, 0.717) is 37.7 Å². The lowest BCUT2D eigenvalue weighted by Gasteiger charge is -2.40. The molecule has 0 bridgehead atoms. The molecule has 0 unspecified atom stereocenters. The predicted octanol–water partition coefficient (Wildman–Crippen LogP) is 1.21. The Bertz CT molecular complexity index is 733. The van der Waals surface area contributed by atoms with E-state index in [9.17, 15) is 14.4 Å². The maximum atomic E-state index is 13.1. The van der Waals surface area contributed by atoms with Gasteiger partial charge in [0.05, 0.1) is 18.6 Å². The quantitative estimate of drug-likeness (QED) is 0.740. The van der Waals surface area contributed by atoms with E-state index >= 15 is 0 Å².